The standard InChI is InChI=1S/C20H30N2O11/c21-31-8-7-30-6-5-29-4-3-22-18(26)13-9-12(11-23)1-2-15(13)32-20-17(25)14(24)10-16(33-20)19(27)28/h1-2,9,14,16-17,20,23-25H,3-8,10-11,21H2,(H,22,26)(H,27,28)/t14-,16-,17+,20+/m0/s1. The van der Waals surface area contributed by atoms with Crippen LogP contribution in [-0.2, 0) is 30.4 Å². The van der Waals surface area contributed by atoms with Gasteiger partial charge < -0.3 is 49.5 Å². The molecule has 1 amide bonds. The minimum atomic E-state index is -1.53. The topological polar surface area (TPSA) is 199 Å². The molecule has 1 aromatic carbocycles. The van der Waals surface area contributed by atoms with E-state index in [-0.39, 0.29) is 44.1 Å². The summed E-state index contributed by atoms with van der Waals surface area (Å²) in [6.07, 6.45) is -6.12. The van der Waals surface area contributed by atoms with E-state index in [9.17, 15) is 24.9 Å². The molecule has 7 N–H and O–H groups in total. The SMILES string of the molecule is NOCCOCCOCCNC(=O)c1cc(CO)ccc1O[C@@H]1O[C@H](C(=O)O)C[C@H](O)[C@H]1O. The molecule has 0 unspecified atom stereocenters. The van der Waals surface area contributed by atoms with Gasteiger partial charge in [0.2, 0.25) is 6.29 Å². The molecule has 1 heterocycles. The number of carboxylic acid groups (broad SMARTS) is 1. The second kappa shape index (κ2) is 14.0. The summed E-state index contributed by atoms with van der Waals surface area (Å²) in [7, 11) is 0. The van der Waals surface area contributed by atoms with Crippen LogP contribution in [0.1, 0.15) is 22.3 Å². The van der Waals surface area contributed by atoms with Crippen molar-refractivity contribution in [1.29, 1.82) is 0 Å². The van der Waals surface area contributed by atoms with Crippen LogP contribution in [0.5, 0.6) is 5.75 Å². The molecule has 186 valence electrons. The van der Waals surface area contributed by atoms with Crippen molar-refractivity contribution in [3.63, 3.8) is 0 Å². The molecule has 0 radical (unpaired) electrons. The number of nitrogens with one attached hydrogen (secondary N) is 1. The molecule has 1 fully saturated rings. The lowest BCUT2D eigenvalue weighted by Gasteiger charge is -2.35. The van der Waals surface area contributed by atoms with Crippen LogP contribution in [0.4, 0.5) is 0 Å². The number of amides is 1. The third-order valence-corrected chi connectivity index (χ3v) is 4.67. The molecular formula is C20H30N2O11. The number of rotatable bonds is 14. The van der Waals surface area contributed by atoms with Crippen LogP contribution in [0.3, 0.4) is 0 Å². The summed E-state index contributed by atoms with van der Waals surface area (Å²) in [4.78, 5) is 28.3. The molecule has 0 spiro atoms. The van der Waals surface area contributed by atoms with E-state index in [0.717, 1.165) is 0 Å². The number of hydrogen-bond acceptors (Lipinski definition) is 11. The summed E-state index contributed by atoms with van der Waals surface area (Å²) in [5, 5.41) is 41.3. The quantitative estimate of drug-likeness (QED) is 0.130. The van der Waals surface area contributed by atoms with E-state index < -0.39 is 36.5 Å². The zero-order chi connectivity index (χ0) is 24.2. The van der Waals surface area contributed by atoms with Crippen LogP contribution in [0.2, 0.25) is 0 Å². The summed E-state index contributed by atoms with van der Waals surface area (Å²) < 4.78 is 21.3. The molecule has 0 saturated carbocycles. The Kier molecular flexibility index (Phi) is 11.4. The predicted octanol–water partition coefficient (Wildman–Crippen LogP) is -1.87. The number of carbonyl (C=O) groups is 2. The molecule has 33 heavy (non-hydrogen) atoms. The smallest absolute Gasteiger partial charge is 0.333 e. The van der Waals surface area contributed by atoms with Crippen LogP contribution < -0.4 is 16.0 Å². The Balaban J connectivity index is 1.95. The molecule has 13 heteroatoms. The highest BCUT2D eigenvalue weighted by Gasteiger charge is 2.41. The largest absolute Gasteiger partial charge is 0.479 e. The van der Waals surface area contributed by atoms with Gasteiger partial charge in [-0.2, -0.15) is 0 Å². The Morgan fingerprint density at radius 1 is 1.12 bits per heavy atom. The van der Waals surface area contributed by atoms with Gasteiger partial charge in [-0.05, 0) is 17.7 Å². The average Bonchev–Trinajstić information content (AvgIpc) is 2.80. The van der Waals surface area contributed by atoms with Crippen molar-refractivity contribution >= 4 is 11.9 Å². The highest BCUT2D eigenvalue weighted by molar-refractivity contribution is 5.97. The van der Waals surface area contributed by atoms with Gasteiger partial charge in [0.05, 0.1) is 51.3 Å². The minimum absolute atomic E-state index is 0.0226. The van der Waals surface area contributed by atoms with Gasteiger partial charge in [0.25, 0.3) is 5.91 Å². The number of ether oxygens (including phenoxy) is 4. The molecule has 1 aromatic rings. The Labute approximate surface area is 189 Å². The zero-order valence-corrected chi connectivity index (χ0v) is 17.9. The summed E-state index contributed by atoms with van der Waals surface area (Å²) in [6, 6.07) is 4.26. The van der Waals surface area contributed by atoms with Gasteiger partial charge in [0, 0.05) is 13.0 Å². The Hall–Kier alpha value is -2.36. The monoisotopic (exact) mass is 474 g/mol. The number of hydrogen-bond donors (Lipinski definition) is 6. The third-order valence-electron chi connectivity index (χ3n) is 4.67. The van der Waals surface area contributed by atoms with Gasteiger partial charge in [-0.15, -0.1) is 0 Å². The van der Waals surface area contributed by atoms with Crippen LogP contribution in [-0.4, -0.2) is 96.5 Å². The number of aliphatic hydroxyl groups excluding tert-OH is 3. The van der Waals surface area contributed by atoms with E-state index >= 15 is 0 Å². The molecule has 0 aliphatic carbocycles. The first kappa shape index (κ1) is 26.9. The van der Waals surface area contributed by atoms with Crippen molar-refractivity contribution in [3.8, 4) is 5.75 Å². The molecule has 1 saturated heterocycles. The first-order valence-electron chi connectivity index (χ1n) is 10.3. The molecule has 2 rings (SSSR count). The lowest BCUT2D eigenvalue weighted by molar-refractivity contribution is -0.238. The number of nitrogens with two attached hydrogens (primary N) is 1. The first-order chi connectivity index (χ1) is 15.9. The van der Waals surface area contributed by atoms with Crippen molar-refractivity contribution in [2.24, 2.45) is 5.90 Å². The van der Waals surface area contributed by atoms with Gasteiger partial charge in [0.1, 0.15) is 11.9 Å². The number of carboxylic acids is 1. The van der Waals surface area contributed by atoms with Gasteiger partial charge >= 0.3 is 5.97 Å². The van der Waals surface area contributed by atoms with Crippen LogP contribution in [0, 0.1) is 0 Å². The van der Waals surface area contributed by atoms with Gasteiger partial charge in [0.15, 0.2) is 6.10 Å². The van der Waals surface area contributed by atoms with Crippen molar-refractivity contribution in [2.75, 3.05) is 39.6 Å². The summed E-state index contributed by atoms with van der Waals surface area (Å²) in [6.45, 7) is 1.28. The van der Waals surface area contributed by atoms with E-state index in [4.69, 9.17) is 30.0 Å². The maximum atomic E-state index is 12.7. The van der Waals surface area contributed by atoms with Crippen molar-refractivity contribution in [3.05, 3.63) is 29.3 Å². The van der Waals surface area contributed by atoms with Crippen LogP contribution in [0.15, 0.2) is 18.2 Å². The van der Waals surface area contributed by atoms with E-state index in [1.807, 2.05) is 0 Å². The summed E-state index contributed by atoms with van der Waals surface area (Å²) >= 11 is 0. The van der Waals surface area contributed by atoms with E-state index in [0.29, 0.717) is 25.4 Å². The highest BCUT2D eigenvalue weighted by Crippen LogP contribution is 2.27. The van der Waals surface area contributed by atoms with Gasteiger partial charge in [-0.1, -0.05) is 6.07 Å². The second-order valence-electron chi connectivity index (χ2n) is 7.08. The first-order valence-corrected chi connectivity index (χ1v) is 10.3. The van der Waals surface area contributed by atoms with E-state index in [2.05, 4.69) is 10.2 Å². The third kappa shape index (κ3) is 8.49. The fraction of sp³-hybridized carbons (Fsp3) is 0.600. The zero-order valence-electron chi connectivity index (χ0n) is 17.9. The van der Waals surface area contributed by atoms with Crippen molar-refractivity contribution in [1.82, 2.24) is 5.32 Å². The number of aliphatic hydroxyl groups is 3. The molecule has 13 nitrogen and oxygen atoms in total. The summed E-state index contributed by atoms with van der Waals surface area (Å²) in [5.41, 5.74) is 0.449. The highest BCUT2D eigenvalue weighted by atomic mass is 16.7. The van der Waals surface area contributed by atoms with Gasteiger partial charge in [-0.3, -0.25) is 4.79 Å². The van der Waals surface area contributed by atoms with E-state index in [1.54, 1.807) is 0 Å². The average molecular weight is 474 g/mol. The minimum Gasteiger partial charge on any atom is -0.479 e. The van der Waals surface area contributed by atoms with Crippen LogP contribution >= 0.6 is 0 Å². The maximum Gasteiger partial charge on any atom is 0.333 e. The summed E-state index contributed by atoms with van der Waals surface area (Å²) in [5.74, 6) is 2.97. The number of aliphatic carboxylic acids is 1. The van der Waals surface area contributed by atoms with E-state index in [1.165, 1.54) is 18.2 Å². The molecule has 0 bridgehead atoms. The molecule has 1 aliphatic rings. The Morgan fingerprint density at radius 2 is 1.82 bits per heavy atom. The molecule has 1 aliphatic heterocycles. The van der Waals surface area contributed by atoms with Crippen molar-refractivity contribution in [2.45, 2.75) is 37.6 Å². The van der Waals surface area contributed by atoms with Gasteiger partial charge in [-0.25, -0.2) is 10.7 Å². The second-order valence-corrected chi connectivity index (χ2v) is 7.08. The Morgan fingerprint density at radius 3 is 2.48 bits per heavy atom. The van der Waals surface area contributed by atoms with Crippen molar-refractivity contribution < 1.29 is 53.8 Å². The molecule has 0 aromatic heterocycles. The lowest BCUT2D eigenvalue weighted by Crippen LogP contribution is -2.52. The fourth-order valence-corrected chi connectivity index (χ4v) is 2.94. The van der Waals surface area contributed by atoms with Crippen LogP contribution in [0.25, 0.3) is 0 Å². The number of benzene rings is 1. The molecule has 4 atom stereocenters. The fourth-order valence-electron chi connectivity index (χ4n) is 2.94. The normalized spacial score (nSPS) is 22.7. The molecular weight excluding hydrogens is 444 g/mol. The Bertz CT molecular complexity index is 764. The predicted molar refractivity (Wildman–Crippen MR) is 110 cm³/mol. The lowest BCUT2D eigenvalue weighted by atomic mass is 10.0. The number of carbonyl (C=O) groups excluding carboxylic acids is 1. The maximum absolute atomic E-state index is 12.7.